The third kappa shape index (κ3) is 6.28. The van der Waals surface area contributed by atoms with Crippen LogP contribution in [0.4, 0.5) is 0 Å². The Morgan fingerprint density at radius 1 is 1.00 bits per heavy atom. The van der Waals surface area contributed by atoms with Crippen LogP contribution in [0.3, 0.4) is 0 Å². The Bertz CT molecular complexity index is 331. The zero-order valence-electron chi connectivity index (χ0n) is 9.10. The maximum atomic E-state index is 11.0. The molecule has 4 heteroatoms. The van der Waals surface area contributed by atoms with Crippen LogP contribution in [0, 0.1) is 24.7 Å². The summed E-state index contributed by atoms with van der Waals surface area (Å²) in [6.07, 6.45) is 10.6. The van der Waals surface area contributed by atoms with Gasteiger partial charge in [-0.05, 0) is 13.8 Å². The van der Waals surface area contributed by atoms with E-state index >= 15 is 0 Å². The smallest absolute Gasteiger partial charge is 0.332 e. The molecule has 0 amide bonds. The van der Waals surface area contributed by atoms with Gasteiger partial charge in [0.15, 0.2) is 12.2 Å². The second kappa shape index (κ2) is 7.14. The first-order valence-electron chi connectivity index (χ1n) is 4.51. The van der Waals surface area contributed by atoms with E-state index in [4.69, 9.17) is 12.8 Å². The minimum absolute atomic E-state index is 0.641. The Morgan fingerprint density at radius 3 is 1.56 bits per heavy atom. The third-order valence-corrected chi connectivity index (χ3v) is 1.41. The van der Waals surface area contributed by atoms with Gasteiger partial charge in [-0.1, -0.05) is 11.8 Å². The SMILES string of the molecule is C#CC(C)OC(=O)/C=C/C(=O)OC(C)C#C. The predicted octanol–water partition coefficient (Wildman–Crippen LogP) is 0.672. The van der Waals surface area contributed by atoms with Crippen molar-refractivity contribution in [1.29, 1.82) is 0 Å². The molecule has 0 bridgehead atoms. The predicted molar refractivity (Wildman–Crippen MR) is 57.9 cm³/mol. The number of rotatable bonds is 4. The minimum atomic E-state index is -0.712. The van der Waals surface area contributed by atoms with Gasteiger partial charge in [-0.2, -0.15) is 0 Å². The Hall–Kier alpha value is -2.20. The maximum absolute atomic E-state index is 11.0. The lowest BCUT2D eigenvalue weighted by atomic mass is 10.4. The molecule has 2 unspecified atom stereocenters. The standard InChI is InChI=1S/C12H12O4/c1-5-9(3)15-11(13)7-8-12(14)16-10(4)6-2/h1-2,7-10H,3-4H3/b8-7+. The van der Waals surface area contributed by atoms with Gasteiger partial charge in [-0.15, -0.1) is 12.8 Å². The Kier molecular flexibility index (Phi) is 6.16. The number of carbonyl (C=O) groups excluding carboxylic acids is 2. The molecule has 0 aromatic carbocycles. The van der Waals surface area contributed by atoms with Gasteiger partial charge in [0, 0.05) is 12.2 Å². The number of carbonyl (C=O) groups is 2. The van der Waals surface area contributed by atoms with Gasteiger partial charge < -0.3 is 9.47 Å². The lowest BCUT2D eigenvalue weighted by Crippen LogP contribution is -2.13. The monoisotopic (exact) mass is 220 g/mol. The van der Waals surface area contributed by atoms with Gasteiger partial charge in [0.05, 0.1) is 0 Å². The average Bonchev–Trinajstić information content (AvgIpc) is 2.26. The summed E-state index contributed by atoms with van der Waals surface area (Å²) in [4.78, 5) is 22.0. The minimum Gasteiger partial charge on any atom is -0.446 e. The fraction of sp³-hybridized carbons (Fsp3) is 0.333. The van der Waals surface area contributed by atoms with Crippen molar-refractivity contribution in [3.63, 3.8) is 0 Å². The summed E-state index contributed by atoms with van der Waals surface area (Å²) in [6, 6.07) is 0. The lowest BCUT2D eigenvalue weighted by molar-refractivity contribution is -0.142. The second-order valence-electron chi connectivity index (χ2n) is 2.82. The first kappa shape index (κ1) is 13.8. The van der Waals surface area contributed by atoms with Crippen molar-refractivity contribution in [2.45, 2.75) is 26.1 Å². The number of ether oxygens (including phenoxy) is 2. The first-order valence-corrected chi connectivity index (χ1v) is 4.51. The number of hydrogen-bond donors (Lipinski definition) is 0. The summed E-state index contributed by atoms with van der Waals surface area (Å²) in [7, 11) is 0. The van der Waals surface area contributed by atoms with Crippen LogP contribution in [0.15, 0.2) is 12.2 Å². The summed E-state index contributed by atoms with van der Waals surface area (Å²) in [6.45, 7) is 3.06. The van der Waals surface area contributed by atoms with Crippen molar-refractivity contribution >= 4 is 11.9 Å². The normalized spacial score (nSPS) is 13.2. The molecule has 0 saturated carbocycles. The van der Waals surface area contributed by atoms with Crippen molar-refractivity contribution in [3.05, 3.63) is 12.2 Å². The largest absolute Gasteiger partial charge is 0.446 e. The van der Waals surface area contributed by atoms with E-state index < -0.39 is 24.1 Å². The molecular formula is C12H12O4. The molecule has 0 rings (SSSR count). The summed E-state index contributed by atoms with van der Waals surface area (Å²) < 4.78 is 9.34. The molecule has 0 aliphatic rings. The maximum Gasteiger partial charge on any atom is 0.332 e. The summed E-state index contributed by atoms with van der Waals surface area (Å²) in [5.41, 5.74) is 0. The second-order valence-corrected chi connectivity index (χ2v) is 2.82. The van der Waals surface area contributed by atoms with Crippen molar-refractivity contribution in [2.75, 3.05) is 0 Å². The van der Waals surface area contributed by atoms with E-state index in [1.54, 1.807) is 0 Å². The molecule has 0 radical (unpaired) electrons. The van der Waals surface area contributed by atoms with Gasteiger partial charge in [-0.3, -0.25) is 0 Å². The zero-order valence-corrected chi connectivity index (χ0v) is 9.10. The molecule has 84 valence electrons. The highest BCUT2D eigenvalue weighted by atomic mass is 16.5. The fourth-order valence-corrected chi connectivity index (χ4v) is 0.631. The molecule has 2 atom stereocenters. The number of terminal acetylenes is 2. The molecule has 0 aliphatic heterocycles. The molecule has 0 aromatic heterocycles. The van der Waals surface area contributed by atoms with Gasteiger partial charge >= 0.3 is 11.9 Å². The zero-order chi connectivity index (χ0) is 12.6. The van der Waals surface area contributed by atoms with Gasteiger partial charge in [0.25, 0.3) is 0 Å². The highest BCUT2D eigenvalue weighted by Gasteiger charge is 2.06. The van der Waals surface area contributed by atoms with Crippen LogP contribution in [0.25, 0.3) is 0 Å². The van der Waals surface area contributed by atoms with Crippen molar-refractivity contribution in [2.24, 2.45) is 0 Å². The van der Waals surface area contributed by atoms with E-state index in [0.717, 1.165) is 12.2 Å². The van der Waals surface area contributed by atoms with Crippen LogP contribution in [0.1, 0.15) is 13.8 Å². The number of esters is 2. The van der Waals surface area contributed by atoms with E-state index in [-0.39, 0.29) is 0 Å². The van der Waals surface area contributed by atoms with E-state index in [0.29, 0.717) is 0 Å². The van der Waals surface area contributed by atoms with Crippen LogP contribution < -0.4 is 0 Å². The van der Waals surface area contributed by atoms with Crippen molar-refractivity contribution in [3.8, 4) is 24.7 Å². The molecule has 0 spiro atoms. The molecule has 0 heterocycles. The molecule has 0 aliphatic carbocycles. The summed E-state index contributed by atoms with van der Waals surface area (Å²) in [5, 5.41) is 0. The lowest BCUT2D eigenvalue weighted by Gasteiger charge is -2.04. The van der Waals surface area contributed by atoms with Crippen LogP contribution >= 0.6 is 0 Å². The Labute approximate surface area is 94.6 Å². The van der Waals surface area contributed by atoms with Crippen LogP contribution in [0.2, 0.25) is 0 Å². The number of hydrogen-bond acceptors (Lipinski definition) is 4. The summed E-state index contributed by atoms with van der Waals surface area (Å²) in [5.74, 6) is 2.99. The average molecular weight is 220 g/mol. The van der Waals surface area contributed by atoms with E-state index in [2.05, 4.69) is 21.3 Å². The van der Waals surface area contributed by atoms with E-state index in [1.165, 1.54) is 13.8 Å². The van der Waals surface area contributed by atoms with Crippen molar-refractivity contribution in [1.82, 2.24) is 0 Å². The molecule has 0 saturated heterocycles. The van der Waals surface area contributed by atoms with E-state index in [9.17, 15) is 9.59 Å². The molecule has 16 heavy (non-hydrogen) atoms. The molecule has 0 fully saturated rings. The molecular weight excluding hydrogens is 208 g/mol. The van der Waals surface area contributed by atoms with Crippen LogP contribution in [-0.4, -0.2) is 24.1 Å². The van der Waals surface area contributed by atoms with Gasteiger partial charge in [0.2, 0.25) is 0 Å². The first-order chi connectivity index (χ1) is 7.49. The highest BCUT2D eigenvalue weighted by Crippen LogP contribution is 1.93. The fourth-order valence-electron chi connectivity index (χ4n) is 0.631. The molecule has 0 N–H and O–H groups in total. The Morgan fingerprint density at radius 2 is 1.31 bits per heavy atom. The molecule has 0 aromatic rings. The van der Waals surface area contributed by atoms with Crippen LogP contribution in [0.5, 0.6) is 0 Å². The highest BCUT2D eigenvalue weighted by molar-refractivity contribution is 5.91. The Balaban J connectivity index is 4.10. The quantitative estimate of drug-likeness (QED) is 0.397. The van der Waals surface area contributed by atoms with Gasteiger partial charge in [-0.25, -0.2) is 9.59 Å². The summed E-state index contributed by atoms with van der Waals surface area (Å²) >= 11 is 0. The van der Waals surface area contributed by atoms with Gasteiger partial charge in [0.1, 0.15) is 0 Å². The van der Waals surface area contributed by atoms with Crippen molar-refractivity contribution < 1.29 is 19.1 Å². The topological polar surface area (TPSA) is 52.6 Å². The third-order valence-electron chi connectivity index (χ3n) is 1.41. The molecule has 4 nitrogen and oxygen atoms in total. The van der Waals surface area contributed by atoms with E-state index in [1.807, 2.05) is 0 Å². The van der Waals surface area contributed by atoms with Crippen LogP contribution in [-0.2, 0) is 19.1 Å².